The largest absolute Gasteiger partial charge is 0.383 e. The molecule has 4 rings (SSSR count). The predicted molar refractivity (Wildman–Crippen MR) is 139 cm³/mol. The Balaban J connectivity index is 1.30. The maximum Gasteiger partial charge on any atom is 0.273 e. The Morgan fingerprint density at radius 3 is 2.63 bits per heavy atom. The number of piperazine rings is 1. The first-order valence-electron chi connectivity index (χ1n) is 12.0. The Morgan fingerprint density at radius 1 is 1.17 bits per heavy atom. The Kier molecular flexibility index (Phi) is 9.31. The lowest BCUT2D eigenvalue weighted by Gasteiger charge is -2.34. The summed E-state index contributed by atoms with van der Waals surface area (Å²) in [5.74, 6) is 1.05. The third kappa shape index (κ3) is 6.49. The maximum absolute atomic E-state index is 13.1. The Morgan fingerprint density at radius 2 is 1.91 bits per heavy atom. The number of carbonyl (C=O) groups excluding carboxylic acids is 2. The zero-order valence-electron chi connectivity index (χ0n) is 20.2. The van der Waals surface area contributed by atoms with E-state index in [-0.39, 0.29) is 17.7 Å². The van der Waals surface area contributed by atoms with Crippen LogP contribution in [-0.4, -0.2) is 102 Å². The number of methoxy groups -OCH3 is 1. The highest BCUT2D eigenvalue weighted by atomic mass is 32.2. The highest BCUT2D eigenvalue weighted by Gasteiger charge is 2.29. The van der Waals surface area contributed by atoms with Gasteiger partial charge in [0.1, 0.15) is 10.7 Å². The quantitative estimate of drug-likeness (QED) is 0.375. The van der Waals surface area contributed by atoms with Crippen molar-refractivity contribution in [2.75, 3.05) is 65.3 Å². The monoisotopic (exact) mass is 515 g/mol. The smallest absolute Gasteiger partial charge is 0.273 e. The van der Waals surface area contributed by atoms with Gasteiger partial charge in [0.15, 0.2) is 0 Å². The van der Waals surface area contributed by atoms with Crippen LogP contribution < -0.4 is 0 Å². The summed E-state index contributed by atoms with van der Waals surface area (Å²) in [4.78, 5) is 41.4. The second-order valence-corrected chi connectivity index (χ2v) is 10.6. The van der Waals surface area contributed by atoms with Crippen molar-refractivity contribution >= 4 is 34.9 Å². The van der Waals surface area contributed by atoms with Gasteiger partial charge < -0.3 is 14.5 Å². The van der Waals surface area contributed by atoms with E-state index in [2.05, 4.69) is 16.5 Å². The van der Waals surface area contributed by atoms with Gasteiger partial charge in [-0.1, -0.05) is 6.08 Å². The number of hydrogen-bond acceptors (Lipinski definition) is 8. The molecule has 10 heteroatoms. The first-order chi connectivity index (χ1) is 17.1. The number of amides is 2. The Bertz CT molecular complexity index is 1010. The molecule has 2 aliphatic rings. The SMILES string of the molecule is C=CCSc1ncccc1C(=O)N1CCC(c2nc(C(=O)N3CCN(CCOC)CC3)cs2)CC1. The minimum Gasteiger partial charge on any atom is -0.383 e. The van der Waals surface area contributed by atoms with Crippen molar-refractivity contribution in [2.24, 2.45) is 0 Å². The van der Waals surface area contributed by atoms with E-state index < -0.39 is 0 Å². The lowest BCUT2D eigenvalue weighted by Crippen LogP contribution is -2.49. The van der Waals surface area contributed by atoms with Crippen LogP contribution in [0.2, 0.25) is 0 Å². The van der Waals surface area contributed by atoms with Crippen LogP contribution in [0.15, 0.2) is 41.4 Å². The molecular formula is C25H33N5O3S2. The molecule has 0 radical (unpaired) electrons. The van der Waals surface area contributed by atoms with E-state index in [4.69, 9.17) is 9.72 Å². The molecule has 2 fully saturated rings. The topological polar surface area (TPSA) is 78.9 Å². The molecule has 2 aromatic rings. The molecule has 35 heavy (non-hydrogen) atoms. The molecule has 0 N–H and O–H groups in total. The minimum absolute atomic E-state index is 0.0210. The van der Waals surface area contributed by atoms with Crippen LogP contribution in [0.1, 0.15) is 44.6 Å². The van der Waals surface area contributed by atoms with Crippen LogP contribution in [0, 0.1) is 0 Å². The number of pyridine rings is 1. The van der Waals surface area contributed by atoms with Crippen LogP contribution in [0.4, 0.5) is 0 Å². The van der Waals surface area contributed by atoms with Gasteiger partial charge >= 0.3 is 0 Å². The minimum atomic E-state index is 0.0210. The molecule has 2 aliphatic heterocycles. The van der Waals surface area contributed by atoms with Crippen molar-refractivity contribution < 1.29 is 14.3 Å². The van der Waals surface area contributed by atoms with E-state index in [9.17, 15) is 9.59 Å². The van der Waals surface area contributed by atoms with Crippen LogP contribution in [0.25, 0.3) is 0 Å². The summed E-state index contributed by atoms with van der Waals surface area (Å²) in [5.41, 5.74) is 1.20. The van der Waals surface area contributed by atoms with Crippen molar-refractivity contribution in [3.63, 3.8) is 0 Å². The zero-order chi connectivity index (χ0) is 24.6. The molecule has 0 saturated carbocycles. The number of rotatable bonds is 9. The van der Waals surface area contributed by atoms with E-state index in [0.717, 1.165) is 55.6 Å². The highest BCUT2D eigenvalue weighted by molar-refractivity contribution is 7.99. The first-order valence-corrected chi connectivity index (χ1v) is 13.9. The molecule has 0 atom stereocenters. The van der Waals surface area contributed by atoms with Gasteiger partial charge in [0, 0.05) is 76.2 Å². The van der Waals surface area contributed by atoms with Crippen LogP contribution in [-0.2, 0) is 4.74 Å². The van der Waals surface area contributed by atoms with Crippen molar-refractivity contribution in [3.05, 3.63) is 52.6 Å². The van der Waals surface area contributed by atoms with Gasteiger partial charge in [-0.2, -0.15) is 0 Å². The van der Waals surface area contributed by atoms with Crippen molar-refractivity contribution in [1.82, 2.24) is 24.7 Å². The number of thioether (sulfide) groups is 1. The van der Waals surface area contributed by atoms with E-state index in [1.165, 1.54) is 11.8 Å². The summed E-state index contributed by atoms with van der Waals surface area (Å²) in [6.07, 6.45) is 5.23. The second-order valence-electron chi connectivity index (χ2n) is 8.72. The average molecular weight is 516 g/mol. The fourth-order valence-electron chi connectivity index (χ4n) is 4.44. The number of nitrogens with zero attached hydrogens (tertiary/aromatic N) is 5. The normalized spacial score (nSPS) is 17.5. The molecule has 0 aliphatic carbocycles. The van der Waals surface area contributed by atoms with Gasteiger partial charge in [0.25, 0.3) is 11.8 Å². The molecule has 188 valence electrons. The van der Waals surface area contributed by atoms with E-state index in [1.54, 1.807) is 24.6 Å². The fraction of sp³-hybridized carbons (Fsp3) is 0.520. The second kappa shape index (κ2) is 12.6. The number of likely N-dealkylation sites (tertiary alicyclic amines) is 1. The van der Waals surface area contributed by atoms with Crippen molar-refractivity contribution in [2.45, 2.75) is 23.8 Å². The summed E-state index contributed by atoms with van der Waals surface area (Å²) in [6, 6.07) is 3.66. The average Bonchev–Trinajstić information content (AvgIpc) is 3.41. The first kappa shape index (κ1) is 25.8. The summed E-state index contributed by atoms with van der Waals surface area (Å²) >= 11 is 3.09. The van der Waals surface area contributed by atoms with Crippen LogP contribution in [0.3, 0.4) is 0 Å². The molecule has 2 saturated heterocycles. The Hall–Kier alpha value is -2.27. The molecule has 2 amide bonds. The molecule has 0 spiro atoms. The maximum atomic E-state index is 13.1. The van der Waals surface area contributed by atoms with Crippen LogP contribution >= 0.6 is 23.1 Å². The van der Waals surface area contributed by atoms with E-state index in [1.807, 2.05) is 33.4 Å². The number of aromatic nitrogens is 2. The number of hydrogen-bond donors (Lipinski definition) is 0. The molecule has 8 nitrogen and oxygen atoms in total. The molecule has 2 aromatic heterocycles. The third-order valence-electron chi connectivity index (χ3n) is 6.48. The van der Waals surface area contributed by atoms with E-state index >= 15 is 0 Å². The highest BCUT2D eigenvalue weighted by Crippen LogP contribution is 2.32. The summed E-state index contributed by atoms with van der Waals surface area (Å²) < 4.78 is 5.15. The number of piperidine rings is 1. The standard InChI is InChI=1S/C25H33N5O3S2/c1-3-17-34-23-20(5-4-8-26-23)24(31)29-9-6-19(7-10-29)22-27-21(18-35-22)25(32)30-13-11-28(12-14-30)15-16-33-2/h3-5,8,18-19H,1,6-7,9-17H2,2H3. The number of thiazole rings is 1. The number of carbonyl (C=O) groups is 2. The predicted octanol–water partition coefficient (Wildman–Crippen LogP) is 3.24. The van der Waals surface area contributed by atoms with Gasteiger partial charge in [0.2, 0.25) is 0 Å². The summed E-state index contributed by atoms with van der Waals surface area (Å²) in [7, 11) is 1.71. The van der Waals surface area contributed by atoms with Gasteiger partial charge in [-0.15, -0.1) is 29.7 Å². The molecule has 0 bridgehead atoms. The van der Waals surface area contributed by atoms with Gasteiger partial charge in [-0.05, 0) is 25.0 Å². The molecule has 0 aromatic carbocycles. The van der Waals surface area contributed by atoms with Crippen molar-refractivity contribution in [1.29, 1.82) is 0 Å². The Labute approximate surface area is 215 Å². The summed E-state index contributed by atoms with van der Waals surface area (Å²) in [5, 5.41) is 3.65. The third-order valence-corrected chi connectivity index (χ3v) is 8.49. The zero-order valence-corrected chi connectivity index (χ0v) is 21.9. The van der Waals surface area contributed by atoms with Gasteiger partial charge in [-0.3, -0.25) is 14.5 Å². The number of ether oxygens (including phenoxy) is 1. The van der Waals surface area contributed by atoms with E-state index in [0.29, 0.717) is 36.7 Å². The molecule has 0 unspecified atom stereocenters. The lowest BCUT2D eigenvalue weighted by molar-refractivity contribution is 0.0589. The molecular weight excluding hydrogens is 482 g/mol. The van der Waals surface area contributed by atoms with Crippen molar-refractivity contribution in [3.8, 4) is 0 Å². The van der Waals surface area contributed by atoms with Gasteiger partial charge in [0.05, 0.1) is 17.2 Å². The fourth-order valence-corrected chi connectivity index (χ4v) is 6.12. The summed E-state index contributed by atoms with van der Waals surface area (Å²) in [6.45, 7) is 9.88. The lowest BCUT2D eigenvalue weighted by atomic mass is 9.97. The molecule has 4 heterocycles. The van der Waals surface area contributed by atoms with Crippen LogP contribution in [0.5, 0.6) is 0 Å². The van der Waals surface area contributed by atoms with Gasteiger partial charge in [-0.25, -0.2) is 9.97 Å².